The molecule has 17 heavy (non-hydrogen) atoms. The van der Waals surface area contributed by atoms with Gasteiger partial charge in [-0.15, -0.1) is 0 Å². The Labute approximate surface area is 104 Å². The highest BCUT2D eigenvalue weighted by Crippen LogP contribution is 2.30. The molecule has 1 aromatic rings. The average Bonchev–Trinajstić information content (AvgIpc) is 2.27. The van der Waals surface area contributed by atoms with Gasteiger partial charge < -0.3 is 10.2 Å². The van der Waals surface area contributed by atoms with Crippen LogP contribution in [0.25, 0.3) is 0 Å². The maximum Gasteiger partial charge on any atom is 0.417 e. The van der Waals surface area contributed by atoms with E-state index in [0.29, 0.717) is 11.5 Å². The summed E-state index contributed by atoms with van der Waals surface area (Å²) in [5.41, 5.74) is -0.992. The fraction of sp³-hybridized carbons (Fsp3) is 0.500. The summed E-state index contributed by atoms with van der Waals surface area (Å²) in [6, 6.07) is 0.787. The molecule has 2 unspecified atom stereocenters. The van der Waals surface area contributed by atoms with Crippen molar-refractivity contribution in [3.05, 3.63) is 29.6 Å². The van der Waals surface area contributed by atoms with Gasteiger partial charge in [0.1, 0.15) is 6.10 Å². The summed E-state index contributed by atoms with van der Waals surface area (Å²) in [5, 5.41) is 19.6. The Morgan fingerprint density at radius 3 is 2.47 bits per heavy atom. The second-order valence-corrected chi connectivity index (χ2v) is 4.29. The first-order valence-electron chi connectivity index (χ1n) is 4.80. The van der Waals surface area contributed by atoms with Gasteiger partial charge in [0.15, 0.2) is 0 Å². The highest BCUT2D eigenvalue weighted by Gasteiger charge is 2.32. The fourth-order valence-corrected chi connectivity index (χ4v) is 1.74. The summed E-state index contributed by atoms with van der Waals surface area (Å²) >= 11 is 3.07. The fourth-order valence-electron chi connectivity index (χ4n) is 1.27. The van der Waals surface area contributed by atoms with E-state index in [2.05, 4.69) is 20.9 Å². The molecule has 1 heterocycles. The molecule has 3 nitrogen and oxygen atoms in total. The van der Waals surface area contributed by atoms with Gasteiger partial charge in [-0.25, -0.2) is 0 Å². The number of pyridine rings is 1. The smallest absolute Gasteiger partial charge is 0.390 e. The third kappa shape index (κ3) is 3.93. The topological polar surface area (TPSA) is 53.4 Å². The van der Waals surface area contributed by atoms with Crippen molar-refractivity contribution in [3.8, 4) is 0 Å². The minimum Gasteiger partial charge on any atom is -0.390 e. The van der Waals surface area contributed by atoms with Crippen LogP contribution in [0.4, 0.5) is 13.2 Å². The summed E-state index contributed by atoms with van der Waals surface area (Å²) in [6.07, 6.45) is -4.99. The number of rotatable bonds is 4. The minimum absolute atomic E-state index is 0.0479. The number of aromatic nitrogens is 1. The molecule has 2 N–H and O–H groups in total. The van der Waals surface area contributed by atoms with Crippen LogP contribution in [0.1, 0.15) is 23.7 Å². The van der Waals surface area contributed by atoms with E-state index in [1.165, 1.54) is 0 Å². The molecule has 0 aliphatic heterocycles. The molecule has 0 saturated carbocycles. The lowest BCUT2D eigenvalue weighted by molar-refractivity contribution is -0.138. The van der Waals surface area contributed by atoms with Crippen molar-refractivity contribution in [2.24, 2.45) is 0 Å². The van der Waals surface area contributed by atoms with Gasteiger partial charge in [-0.1, -0.05) is 15.9 Å². The van der Waals surface area contributed by atoms with E-state index >= 15 is 0 Å². The van der Waals surface area contributed by atoms with E-state index in [0.717, 1.165) is 12.3 Å². The standard InChI is InChI=1S/C10H11BrF3NO2/c11-2-1-8(16)9(17)6-3-7(5-15-4-6)10(12,13)14/h3-5,8-9,16-17H,1-2H2. The van der Waals surface area contributed by atoms with Crippen LogP contribution in [0, 0.1) is 0 Å². The van der Waals surface area contributed by atoms with E-state index in [1.54, 1.807) is 0 Å². The molecule has 0 radical (unpaired) electrons. The highest BCUT2D eigenvalue weighted by atomic mass is 79.9. The first-order chi connectivity index (χ1) is 7.86. The van der Waals surface area contributed by atoms with Crippen LogP contribution < -0.4 is 0 Å². The van der Waals surface area contributed by atoms with Crippen LogP contribution in [-0.2, 0) is 6.18 Å². The van der Waals surface area contributed by atoms with E-state index in [1.807, 2.05) is 0 Å². The summed E-state index contributed by atoms with van der Waals surface area (Å²) in [6.45, 7) is 0. The third-order valence-corrected chi connectivity index (χ3v) is 2.66. The molecule has 0 fully saturated rings. The molecular weight excluding hydrogens is 303 g/mol. The maximum atomic E-state index is 12.4. The van der Waals surface area contributed by atoms with Gasteiger partial charge in [-0.05, 0) is 12.5 Å². The Bertz CT molecular complexity index is 373. The Kier molecular flexibility index (Phi) is 4.91. The number of nitrogens with zero attached hydrogens (tertiary/aromatic N) is 1. The Balaban J connectivity index is 2.92. The quantitative estimate of drug-likeness (QED) is 0.839. The number of alkyl halides is 4. The first-order valence-corrected chi connectivity index (χ1v) is 5.92. The molecule has 0 aromatic carbocycles. The molecule has 0 spiro atoms. The zero-order chi connectivity index (χ0) is 13.1. The van der Waals surface area contributed by atoms with Crippen molar-refractivity contribution in [1.82, 2.24) is 4.98 Å². The zero-order valence-corrected chi connectivity index (χ0v) is 10.2. The summed E-state index contributed by atoms with van der Waals surface area (Å²) in [5.74, 6) is 0. The van der Waals surface area contributed by atoms with E-state index in [9.17, 15) is 23.4 Å². The van der Waals surface area contributed by atoms with Crippen LogP contribution in [0.15, 0.2) is 18.5 Å². The molecular formula is C10H11BrF3NO2. The predicted octanol–water partition coefficient (Wildman–Crippen LogP) is 2.28. The summed E-state index contributed by atoms with van der Waals surface area (Å²) in [4.78, 5) is 3.41. The van der Waals surface area contributed by atoms with Crippen molar-refractivity contribution in [2.45, 2.75) is 24.8 Å². The van der Waals surface area contributed by atoms with Gasteiger partial charge in [0, 0.05) is 23.3 Å². The number of halogens is 4. The van der Waals surface area contributed by atoms with Crippen molar-refractivity contribution in [1.29, 1.82) is 0 Å². The molecule has 0 aliphatic carbocycles. The first kappa shape index (κ1) is 14.4. The molecule has 96 valence electrons. The summed E-state index contributed by atoms with van der Waals surface area (Å²) in [7, 11) is 0. The van der Waals surface area contributed by atoms with Crippen LogP contribution >= 0.6 is 15.9 Å². The second kappa shape index (κ2) is 5.79. The van der Waals surface area contributed by atoms with Crippen molar-refractivity contribution in [3.63, 3.8) is 0 Å². The molecule has 1 rings (SSSR count). The number of aliphatic hydroxyl groups excluding tert-OH is 2. The lowest BCUT2D eigenvalue weighted by Gasteiger charge is -2.17. The normalized spacial score (nSPS) is 15.6. The molecule has 0 bridgehead atoms. The second-order valence-electron chi connectivity index (χ2n) is 3.49. The van der Waals surface area contributed by atoms with E-state index in [4.69, 9.17) is 0 Å². The van der Waals surface area contributed by atoms with Crippen molar-refractivity contribution >= 4 is 15.9 Å². The lowest BCUT2D eigenvalue weighted by Crippen LogP contribution is -2.19. The van der Waals surface area contributed by atoms with Gasteiger partial charge in [-0.2, -0.15) is 13.2 Å². The lowest BCUT2D eigenvalue weighted by atomic mass is 10.0. The molecule has 2 atom stereocenters. The Hall–Kier alpha value is -0.660. The monoisotopic (exact) mass is 313 g/mol. The molecule has 0 aliphatic rings. The third-order valence-electron chi connectivity index (χ3n) is 2.20. The number of hydrogen-bond acceptors (Lipinski definition) is 3. The van der Waals surface area contributed by atoms with Crippen molar-refractivity contribution in [2.75, 3.05) is 5.33 Å². The van der Waals surface area contributed by atoms with Crippen LogP contribution in [-0.4, -0.2) is 26.6 Å². The minimum atomic E-state index is -4.51. The predicted molar refractivity (Wildman–Crippen MR) is 58.6 cm³/mol. The molecule has 0 amide bonds. The van der Waals surface area contributed by atoms with E-state index in [-0.39, 0.29) is 12.0 Å². The van der Waals surface area contributed by atoms with Crippen LogP contribution in [0.2, 0.25) is 0 Å². The van der Waals surface area contributed by atoms with Gasteiger partial charge >= 0.3 is 6.18 Å². The van der Waals surface area contributed by atoms with Gasteiger partial charge in [0.05, 0.1) is 11.7 Å². The zero-order valence-electron chi connectivity index (χ0n) is 8.65. The molecule has 1 aromatic heterocycles. The Morgan fingerprint density at radius 1 is 1.29 bits per heavy atom. The summed E-state index contributed by atoms with van der Waals surface area (Å²) < 4.78 is 37.2. The van der Waals surface area contributed by atoms with Gasteiger partial charge in [0.25, 0.3) is 0 Å². The van der Waals surface area contributed by atoms with E-state index < -0.39 is 23.9 Å². The largest absolute Gasteiger partial charge is 0.417 e. The molecule has 7 heteroatoms. The van der Waals surface area contributed by atoms with Crippen molar-refractivity contribution < 1.29 is 23.4 Å². The Morgan fingerprint density at radius 2 is 1.94 bits per heavy atom. The van der Waals surface area contributed by atoms with Crippen LogP contribution in [0.3, 0.4) is 0 Å². The SMILES string of the molecule is OC(CCBr)C(O)c1cncc(C(F)(F)F)c1. The molecule has 0 saturated heterocycles. The number of hydrogen-bond donors (Lipinski definition) is 2. The van der Waals surface area contributed by atoms with Gasteiger partial charge in [-0.3, -0.25) is 4.98 Å². The average molecular weight is 314 g/mol. The maximum absolute atomic E-state index is 12.4. The van der Waals surface area contributed by atoms with Gasteiger partial charge in [0.2, 0.25) is 0 Å². The highest BCUT2D eigenvalue weighted by molar-refractivity contribution is 9.09. The number of aliphatic hydroxyl groups is 2. The van der Waals surface area contributed by atoms with Crippen LogP contribution in [0.5, 0.6) is 0 Å².